The van der Waals surface area contributed by atoms with Crippen LogP contribution in [0.15, 0.2) is 61.2 Å². The number of nitrogens with one attached hydrogen (secondary N) is 1. The number of hydrogen-bond acceptors (Lipinski definition) is 3. The number of carbonyl (C=O) groups is 1. The van der Waals surface area contributed by atoms with E-state index in [1.165, 1.54) is 29.2 Å². The summed E-state index contributed by atoms with van der Waals surface area (Å²) in [6, 6.07) is 10.1. The molecule has 8 heteroatoms. The number of hydrogen-bond donors (Lipinski definition) is 1. The maximum Gasteiger partial charge on any atom is 0.416 e. The van der Waals surface area contributed by atoms with E-state index in [2.05, 4.69) is 15.3 Å². The SMILES string of the molecule is O=C(NCc1ccccn1)c1cn(-c2cccc(C(F)(F)F)c2)cn1. The van der Waals surface area contributed by atoms with Gasteiger partial charge < -0.3 is 9.88 Å². The molecule has 0 fully saturated rings. The molecule has 1 amide bonds. The minimum Gasteiger partial charge on any atom is -0.345 e. The lowest BCUT2D eigenvalue weighted by Crippen LogP contribution is -2.23. The van der Waals surface area contributed by atoms with Crippen LogP contribution in [0, 0.1) is 0 Å². The van der Waals surface area contributed by atoms with Gasteiger partial charge in [0, 0.05) is 18.1 Å². The first-order valence-electron chi connectivity index (χ1n) is 7.33. The molecule has 3 aromatic rings. The predicted octanol–water partition coefficient (Wildman–Crippen LogP) is 3.22. The molecule has 0 saturated heterocycles. The molecule has 0 saturated carbocycles. The predicted molar refractivity (Wildman–Crippen MR) is 84.0 cm³/mol. The average molecular weight is 346 g/mol. The molecule has 25 heavy (non-hydrogen) atoms. The van der Waals surface area contributed by atoms with Crippen LogP contribution in [-0.4, -0.2) is 20.4 Å². The van der Waals surface area contributed by atoms with Crippen molar-refractivity contribution >= 4 is 5.91 Å². The van der Waals surface area contributed by atoms with Crippen molar-refractivity contribution < 1.29 is 18.0 Å². The van der Waals surface area contributed by atoms with Gasteiger partial charge in [-0.1, -0.05) is 12.1 Å². The minimum atomic E-state index is -4.43. The quantitative estimate of drug-likeness (QED) is 0.789. The average Bonchev–Trinajstić information content (AvgIpc) is 3.10. The number of rotatable bonds is 4. The number of benzene rings is 1. The van der Waals surface area contributed by atoms with Gasteiger partial charge in [0.1, 0.15) is 12.0 Å². The lowest BCUT2D eigenvalue weighted by molar-refractivity contribution is -0.137. The monoisotopic (exact) mass is 346 g/mol. The van der Waals surface area contributed by atoms with E-state index >= 15 is 0 Å². The van der Waals surface area contributed by atoms with Crippen molar-refractivity contribution in [1.29, 1.82) is 0 Å². The van der Waals surface area contributed by atoms with Gasteiger partial charge in [0.2, 0.25) is 0 Å². The topological polar surface area (TPSA) is 59.8 Å². The molecule has 3 rings (SSSR count). The Balaban J connectivity index is 1.73. The molecular formula is C17H13F3N4O. The number of carbonyl (C=O) groups excluding carboxylic acids is 1. The van der Waals surface area contributed by atoms with Crippen molar-refractivity contribution in [1.82, 2.24) is 19.9 Å². The van der Waals surface area contributed by atoms with E-state index in [0.717, 1.165) is 12.1 Å². The van der Waals surface area contributed by atoms with Crippen LogP contribution < -0.4 is 5.32 Å². The van der Waals surface area contributed by atoms with E-state index in [-0.39, 0.29) is 17.9 Å². The van der Waals surface area contributed by atoms with Gasteiger partial charge in [-0.15, -0.1) is 0 Å². The Labute approximate surface area is 141 Å². The lowest BCUT2D eigenvalue weighted by Gasteiger charge is -2.08. The minimum absolute atomic E-state index is 0.105. The fraction of sp³-hybridized carbons (Fsp3) is 0.118. The van der Waals surface area contributed by atoms with E-state index in [4.69, 9.17) is 0 Å². The zero-order chi connectivity index (χ0) is 17.9. The second-order valence-electron chi connectivity index (χ2n) is 5.22. The van der Waals surface area contributed by atoms with Gasteiger partial charge >= 0.3 is 6.18 Å². The first-order chi connectivity index (χ1) is 11.9. The summed E-state index contributed by atoms with van der Waals surface area (Å²) < 4.78 is 39.7. The molecule has 0 aliphatic heterocycles. The van der Waals surface area contributed by atoms with Crippen LogP contribution in [0.1, 0.15) is 21.7 Å². The van der Waals surface area contributed by atoms with Gasteiger partial charge in [-0.3, -0.25) is 9.78 Å². The Kier molecular flexibility index (Phi) is 4.51. The molecule has 0 aliphatic carbocycles. The third kappa shape index (κ3) is 4.03. The maximum absolute atomic E-state index is 12.8. The van der Waals surface area contributed by atoms with E-state index < -0.39 is 17.6 Å². The van der Waals surface area contributed by atoms with Crippen LogP contribution in [0.3, 0.4) is 0 Å². The fourth-order valence-corrected chi connectivity index (χ4v) is 2.19. The standard InChI is InChI=1S/C17H13F3N4O/c18-17(19,20)12-4-3-6-14(8-12)24-10-15(23-11-24)16(25)22-9-13-5-1-2-7-21-13/h1-8,10-11H,9H2,(H,22,25). The highest BCUT2D eigenvalue weighted by Crippen LogP contribution is 2.30. The molecule has 128 valence electrons. The molecule has 0 unspecified atom stereocenters. The van der Waals surface area contributed by atoms with Crippen molar-refractivity contribution in [3.63, 3.8) is 0 Å². The molecular weight excluding hydrogens is 333 g/mol. The Hall–Kier alpha value is -3.16. The third-order valence-corrected chi connectivity index (χ3v) is 3.44. The Morgan fingerprint density at radius 2 is 1.96 bits per heavy atom. The molecule has 1 aromatic carbocycles. The Morgan fingerprint density at radius 1 is 1.12 bits per heavy atom. The maximum atomic E-state index is 12.8. The van der Waals surface area contributed by atoms with Crippen LogP contribution in [0.2, 0.25) is 0 Å². The number of aromatic nitrogens is 3. The second-order valence-corrected chi connectivity index (χ2v) is 5.22. The zero-order valence-corrected chi connectivity index (χ0v) is 12.9. The number of amides is 1. The number of nitrogens with zero attached hydrogens (tertiary/aromatic N) is 3. The number of pyridine rings is 1. The van der Waals surface area contributed by atoms with E-state index in [0.29, 0.717) is 5.69 Å². The molecule has 2 heterocycles. The summed E-state index contributed by atoms with van der Waals surface area (Å²) in [5, 5.41) is 2.66. The first-order valence-corrected chi connectivity index (χ1v) is 7.33. The number of halogens is 3. The summed E-state index contributed by atoms with van der Waals surface area (Å²) in [7, 11) is 0. The van der Waals surface area contributed by atoms with Gasteiger partial charge in [0.25, 0.3) is 5.91 Å². The van der Waals surface area contributed by atoms with Gasteiger partial charge in [0.15, 0.2) is 0 Å². The zero-order valence-electron chi connectivity index (χ0n) is 12.9. The van der Waals surface area contributed by atoms with Gasteiger partial charge in [-0.25, -0.2) is 4.98 Å². The van der Waals surface area contributed by atoms with Crippen molar-refractivity contribution in [2.75, 3.05) is 0 Å². The second kappa shape index (κ2) is 6.76. The molecule has 2 aromatic heterocycles. The smallest absolute Gasteiger partial charge is 0.345 e. The highest BCUT2D eigenvalue weighted by atomic mass is 19.4. The molecule has 5 nitrogen and oxygen atoms in total. The lowest BCUT2D eigenvalue weighted by atomic mass is 10.2. The normalized spacial score (nSPS) is 11.3. The fourth-order valence-electron chi connectivity index (χ4n) is 2.19. The summed E-state index contributed by atoms with van der Waals surface area (Å²) >= 11 is 0. The summed E-state index contributed by atoms with van der Waals surface area (Å²) in [6.07, 6.45) is -0.141. The van der Waals surface area contributed by atoms with Gasteiger partial charge in [0.05, 0.1) is 17.8 Å². The molecule has 1 N–H and O–H groups in total. The first kappa shape index (κ1) is 16.7. The number of imidazole rings is 1. The van der Waals surface area contributed by atoms with Crippen LogP contribution >= 0.6 is 0 Å². The van der Waals surface area contributed by atoms with Crippen LogP contribution in [0.5, 0.6) is 0 Å². The van der Waals surface area contributed by atoms with E-state index in [9.17, 15) is 18.0 Å². The highest BCUT2D eigenvalue weighted by molar-refractivity contribution is 5.92. The van der Waals surface area contributed by atoms with Crippen LogP contribution in [0.4, 0.5) is 13.2 Å². The van der Waals surface area contributed by atoms with Crippen molar-refractivity contribution in [2.24, 2.45) is 0 Å². The summed E-state index contributed by atoms with van der Waals surface area (Å²) in [6.45, 7) is 0.232. The van der Waals surface area contributed by atoms with Gasteiger partial charge in [-0.2, -0.15) is 13.2 Å². The van der Waals surface area contributed by atoms with Crippen LogP contribution in [0.25, 0.3) is 5.69 Å². The summed E-state index contributed by atoms with van der Waals surface area (Å²) in [5.41, 5.74) is 0.299. The molecule has 0 radical (unpaired) electrons. The van der Waals surface area contributed by atoms with Gasteiger partial charge in [-0.05, 0) is 30.3 Å². The van der Waals surface area contributed by atoms with Crippen molar-refractivity contribution in [2.45, 2.75) is 12.7 Å². The van der Waals surface area contributed by atoms with Crippen molar-refractivity contribution in [3.8, 4) is 5.69 Å². The Bertz CT molecular complexity index is 875. The third-order valence-electron chi connectivity index (χ3n) is 3.44. The molecule has 0 atom stereocenters. The number of alkyl halides is 3. The molecule has 0 aliphatic rings. The van der Waals surface area contributed by atoms with E-state index in [1.54, 1.807) is 24.4 Å². The highest BCUT2D eigenvalue weighted by Gasteiger charge is 2.30. The summed E-state index contributed by atoms with van der Waals surface area (Å²) in [4.78, 5) is 20.1. The van der Waals surface area contributed by atoms with Crippen molar-refractivity contribution in [3.05, 3.63) is 78.1 Å². The summed E-state index contributed by atoms with van der Waals surface area (Å²) in [5.74, 6) is -0.434. The molecule has 0 spiro atoms. The molecule has 0 bridgehead atoms. The largest absolute Gasteiger partial charge is 0.416 e. The Morgan fingerprint density at radius 3 is 2.68 bits per heavy atom. The van der Waals surface area contributed by atoms with Crippen LogP contribution in [-0.2, 0) is 12.7 Å². The van der Waals surface area contributed by atoms with E-state index in [1.807, 2.05) is 0 Å².